The first kappa shape index (κ1) is 24.4. The normalized spacial score (nSPS) is 13.9. The van der Waals surface area contributed by atoms with Gasteiger partial charge in [0.15, 0.2) is 0 Å². The molecule has 0 aliphatic carbocycles. The van der Waals surface area contributed by atoms with Crippen LogP contribution in [0.2, 0.25) is 0 Å². The van der Waals surface area contributed by atoms with E-state index in [4.69, 9.17) is 0 Å². The van der Waals surface area contributed by atoms with E-state index in [1.807, 2.05) is 50.2 Å². The summed E-state index contributed by atoms with van der Waals surface area (Å²) in [6.45, 7) is 5.12. The van der Waals surface area contributed by atoms with Crippen LogP contribution in [0.3, 0.4) is 0 Å². The molecule has 0 bridgehead atoms. The minimum Gasteiger partial charge on any atom is -0.507 e. The fraction of sp³-hybridized carbons (Fsp3) is 0.417. The zero-order valence-corrected chi connectivity index (χ0v) is 19.5. The Labute approximate surface area is 191 Å². The topological polar surface area (TPSA) is 65.2 Å². The number of phenolic OH excluding ortho intramolecular Hbond substituents is 2. The van der Waals surface area contributed by atoms with Gasteiger partial charge in [0.25, 0.3) is 0 Å². The van der Waals surface area contributed by atoms with Crippen LogP contribution in [-0.2, 0) is 0 Å². The van der Waals surface area contributed by atoms with Gasteiger partial charge in [0.2, 0.25) is 0 Å². The molecule has 0 saturated heterocycles. The number of nitrogens with zero attached hydrogens (tertiary/aromatic N) is 2. The predicted molar refractivity (Wildman–Crippen MR) is 135 cm³/mol. The van der Waals surface area contributed by atoms with E-state index < -0.39 is 0 Å². The van der Waals surface area contributed by atoms with Crippen molar-refractivity contribution in [1.29, 1.82) is 0 Å². The second-order valence-electron chi connectivity index (χ2n) is 7.56. The second-order valence-corrected chi connectivity index (χ2v) is 9.02. The molecule has 6 heteroatoms. The van der Waals surface area contributed by atoms with Crippen molar-refractivity contribution in [2.45, 2.75) is 50.0 Å². The Bertz CT molecular complexity index is 797. The fourth-order valence-electron chi connectivity index (χ4n) is 3.02. The average molecular weight is 445 g/mol. The molecule has 0 unspecified atom stereocenters. The summed E-state index contributed by atoms with van der Waals surface area (Å²) in [6.07, 6.45) is 7.19. The molecule has 0 radical (unpaired) electrons. The molecular weight excluding hydrogens is 412 g/mol. The van der Waals surface area contributed by atoms with E-state index in [-0.39, 0.29) is 10.5 Å². The highest BCUT2D eigenvalue weighted by Crippen LogP contribution is 2.21. The molecule has 2 aromatic carbocycles. The van der Waals surface area contributed by atoms with Crippen LogP contribution in [0.15, 0.2) is 46.4 Å². The van der Waals surface area contributed by atoms with Gasteiger partial charge in [-0.3, -0.25) is 9.98 Å². The summed E-state index contributed by atoms with van der Waals surface area (Å²) in [7, 11) is 0. The van der Waals surface area contributed by atoms with E-state index >= 15 is 0 Å². The summed E-state index contributed by atoms with van der Waals surface area (Å²) >= 11 is 9.33. The summed E-state index contributed by atoms with van der Waals surface area (Å²) in [6, 6.07) is 11.3. The summed E-state index contributed by atoms with van der Waals surface area (Å²) in [4.78, 5) is 8.84. The molecule has 2 aromatic rings. The highest BCUT2D eigenvalue weighted by atomic mass is 32.1. The minimum atomic E-state index is 0.274. The SMILES string of the molecule is Cc1cccc(C=NCC[C@@H](S)CC[C@@H](S)CCN=Cc2cccc(C)c2O)c1O. The van der Waals surface area contributed by atoms with Crippen molar-refractivity contribution >= 4 is 37.7 Å². The number of hydrogen-bond donors (Lipinski definition) is 4. The van der Waals surface area contributed by atoms with Crippen molar-refractivity contribution in [2.75, 3.05) is 13.1 Å². The van der Waals surface area contributed by atoms with Gasteiger partial charge in [-0.05, 0) is 62.8 Å². The first-order valence-corrected chi connectivity index (χ1v) is 11.3. The third-order valence-corrected chi connectivity index (χ3v) is 6.05. The molecular formula is C24H32N2O2S2. The largest absolute Gasteiger partial charge is 0.507 e. The lowest BCUT2D eigenvalue weighted by Gasteiger charge is -2.13. The number of rotatable bonds is 11. The number of benzene rings is 2. The van der Waals surface area contributed by atoms with E-state index in [9.17, 15) is 10.2 Å². The predicted octanol–water partition coefficient (Wildman–Crippen LogP) is 5.41. The Morgan fingerprint density at radius 1 is 0.733 bits per heavy atom. The van der Waals surface area contributed by atoms with Gasteiger partial charge in [-0.1, -0.05) is 24.3 Å². The maximum absolute atomic E-state index is 9.99. The van der Waals surface area contributed by atoms with E-state index in [1.165, 1.54) is 0 Å². The average Bonchev–Trinajstić information content (AvgIpc) is 2.72. The molecule has 4 nitrogen and oxygen atoms in total. The van der Waals surface area contributed by atoms with E-state index in [0.29, 0.717) is 24.6 Å². The van der Waals surface area contributed by atoms with Crippen molar-refractivity contribution in [3.8, 4) is 11.5 Å². The monoisotopic (exact) mass is 444 g/mol. The van der Waals surface area contributed by atoms with Crippen LogP contribution in [0.25, 0.3) is 0 Å². The van der Waals surface area contributed by atoms with Crippen molar-refractivity contribution in [3.05, 3.63) is 58.7 Å². The molecule has 0 aromatic heterocycles. The van der Waals surface area contributed by atoms with Crippen molar-refractivity contribution in [3.63, 3.8) is 0 Å². The van der Waals surface area contributed by atoms with Crippen LogP contribution in [0.5, 0.6) is 11.5 Å². The van der Waals surface area contributed by atoms with Crippen molar-refractivity contribution in [2.24, 2.45) is 9.98 Å². The Morgan fingerprint density at radius 2 is 1.13 bits per heavy atom. The van der Waals surface area contributed by atoms with Crippen molar-refractivity contribution in [1.82, 2.24) is 0 Å². The highest BCUT2D eigenvalue weighted by Gasteiger charge is 2.08. The molecule has 0 saturated carbocycles. The van der Waals surface area contributed by atoms with Crippen LogP contribution >= 0.6 is 25.3 Å². The lowest BCUT2D eigenvalue weighted by atomic mass is 10.1. The van der Waals surface area contributed by atoms with Gasteiger partial charge < -0.3 is 10.2 Å². The zero-order chi connectivity index (χ0) is 21.9. The molecule has 0 aliphatic rings. The molecule has 0 amide bonds. The van der Waals surface area contributed by atoms with Gasteiger partial charge in [-0.15, -0.1) is 0 Å². The Morgan fingerprint density at radius 3 is 1.53 bits per heavy atom. The summed E-state index contributed by atoms with van der Waals surface area (Å²) < 4.78 is 0. The minimum absolute atomic E-state index is 0.274. The van der Waals surface area contributed by atoms with Crippen LogP contribution in [0, 0.1) is 13.8 Å². The van der Waals surface area contributed by atoms with Crippen molar-refractivity contribution < 1.29 is 10.2 Å². The molecule has 2 N–H and O–H groups in total. The number of thiol groups is 2. The Balaban J connectivity index is 1.64. The van der Waals surface area contributed by atoms with Gasteiger partial charge in [-0.25, -0.2) is 0 Å². The van der Waals surface area contributed by atoms with Gasteiger partial charge >= 0.3 is 0 Å². The Hall–Kier alpha value is -1.92. The number of phenols is 2. The summed E-state index contributed by atoms with van der Waals surface area (Å²) in [5.41, 5.74) is 3.21. The van der Waals surface area contributed by atoms with Crippen LogP contribution < -0.4 is 0 Å². The van der Waals surface area contributed by atoms with E-state index in [0.717, 1.165) is 47.9 Å². The number of para-hydroxylation sites is 2. The third kappa shape index (κ3) is 8.07. The molecule has 0 aliphatic heterocycles. The van der Waals surface area contributed by atoms with Crippen LogP contribution in [0.1, 0.15) is 47.9 Å². The molecule has 162 valence electrons. The quantitative estimate of drug-likeness (QED) is 0.277. The molecule has 0 spiro atoms. The lowest BCUT2D eigenvalue weighted by Crippen LogP contribution is -2.08. The van der Waals surface area contributed by atoms with Gasteiger partial charge in [0, 0.05) is 47.1 Å². The molecule has 2 rings (SSSR count). The van der Waals surface area contributed by atoms with Gasteiger partial charge in [0.1, 0.15) is 11.5 Å². The summed E-state index contributed by atoms with van der Waals surface area (Å²) in [5.74, 6) is 0.587. The van der Waals surface area contributed by atoms with Gasteiger partial charge in [-0.2, -0.15) is 25.3 Å². The Kier molecular flexibility index (Phi) is 10.3. The number of aliphatic imine (C=N–C) groups is 2. The first-order chi connectivity index (χ1) is 14.4. The van der Waals surface area contributed by atoms with E-state index in [1.54, 1.807) is 12.4 Å². The smallest absolute Gasteiger partial charge is 0.127 e. The van der Waals surface area contributed by atoms with E-state index in [2.05, 4.69) is 35.2 Å². The summed E-state index contributed by atoms with van der Waals surface area (Å²) in [5, 5.41) is 20.5. The fourth-order valence-corrected chi connectivity index (χ4v) is 3.55. The lowest BCUT2D eigenvalue weighted by molar-refractivity contribution is 0.470. The molecule has 30 heavy (non-hydrogen) atoms. The maximum atomic E-state index is 9.99. The number of hydrogen-bond acceptors (Lipinski definition) is 6. The third-order valence-electron chi connectivity index (χ3n) is 5.01. The van der Waals surface area contributed by atoms with Gasteiger partial charge in [0.05, 0.1) is 0 Å². The maximum Gasteiger partial charge on any atom is 0.127 e. The number of aryl methyl sites for hydroxylation is 2. The molecule has 2 atom stereocenters. The first-order valence-electron chi connectivity index (χ1n) is 10.3. The molecule has 0 fully saturated rings. The highest BCUT2D eigenvalue weighted by molar-refractivity contribution is 7.81. The second kappa shape index (κ2) is 12.7. The number of aromatic hydroxyl groups is 2. The van der Waals surface area contributed by atoms with Crippen LogP contribution in [0.4, 0.5) is 0 Å². The molecule has 0 heterocycles. The standard InChI is InChI=1S/C24H32N2O2S2/c1-17-5-3-7-19(23(17)27)15-25-13-11-21(29)9-10-22(30)12-14-26-16-20-8-4-6-18(2)24(20)28/h3-8,15-16,21-22,27-30H,9-14H2,1-2H3/t21-,22+. The van der Waals surface area contributed by atoms with Crippen LogP contribution in [-0.4, -0.2) is 46.2 Å². The zero-order valence-electron chi connectivity index (χ0n) is 17.7.